The second kappa shape index (κ2) is 5.89. The highest BCUT2D eigenvalue weighted by atomic mass is 32.2. The molecule has 1 spiro atoms. The zero-order valence-electron chi connectivity index (χ0n) is 12.7. The van der Waals surface area contributed by atoms with Crippen LogP contribution in [0, 0.1) is 5.92 Å². The van der Waals surface area contributed by atoms with Crippen LogP contribution in [0.4, 0.5) is 0 Å². The van der Waals surface area contributed by atoms with Crippen LogP contribution in [-0.4, -0.2) is 52.1 Å². The molecule has 0 N–H and O–H groups in total. The summed E-state index contributed by atoms with van der Waals surface area (Å²) in [6.45, 7) is 2.56. The second-order valence-corrected chi connectivity index (χ2v) is 8.33. The second-order valence-electron chi connectivity index (χ2n) is 6.84. The lowest BCUT2D eigenvalue weighted by Gasteiger charge is -2.47. The number of carbonyl (C=O) groups excluding carboxylic acids is 1. The third-order valence-corrected chi connectivity index (χ3v) is 6.69. The Morgan fingerprint density at radius 1 is 1.45 bits per heavy atom. The van der Waals surface area contributed by atoms with Crippen LogP contribution >= 0.6 is 11.8 Å². The van der Waals surface area contributed by atoms with Crippen molar-refractivity contribution in [2.45, 2.75) is 43.0 Å². The minimum absolute atomic E-state index is 0.0182. The van der Waals surface area contributed by atoms with E-state index in [9.17, 15) is 4.79 Å². The molecule has 1 aromatic rings. The number of amides is 1. The van der Waals surface area contributed by atoms with Gasteiger partial charge in [0.05, 0.1) is 10.9 Å². The van der Waals surface area contributed by atoms with Crippen LogP contribution in [0.2, 0.25) is 0 Å². The number of thioether (sulfide) groups is 1. The van der Waals surface area contributed by atoms with E-state index >= 15 is 0 Å². The Labute approximate surface area is 134 Å². The van der Waals surface area contributed by atoms with Crippen LogP contribution in [0.25, 0.3) is 0 Å². The van der Waals surface area contributed by atoms with Crippen molar-refractivity contribution in [2.24, 2.45) is 5.92 Å². The molecule has 22 heavy (non-hydrogen) atoms. The van der Waals surface area contributed by atoms with Gasteiger partial charge in [-0.1, -0.05) is 12.8 Å². The van der Waals surface area contributed by atoms with Gasteiger partial charge < -0.3 is 14.1 Å². The Balaban J connectivity index is 1.24. The Bertz CT molecular complexity index is 522. The molecule has 4 rings (SSSR count). The number of hydrogen-bond donors (Lipinski definition) is 0. The number of aromatic nitrogens is 1. The number of hydrogen-bond acceptors (Lipinski definition) is 5. The van der Waals surface area contributed by atoms with Gasteiger partial charge in [0.25, 0.3) is 5.91 Å². The predicted octanol–water partition coefficient (Wildman–Crippen LogP) is 2.58. The van der Waals surface area contributed by atoms with Gasteiger partial charge >= 0.3 is 0 Å². The van der Waals surface area contributed by atoms with Crippen molar-refractivity contribution in [1.29, 1.82) is 0 Å². The molecular formula is C16H22N2O3S. The first-order chi connectivity index (χ1) is 10.7. The van der Waals surface area contributed by atoms with E-state index in [0.29, 0.717) is 11.8 Å². The van der Waals surface area contributed by atoms with Gasteiger partial charge in [0.1, 0.15) is 6.26 Å². The molecule has 120 valence electrons. The fourth-order valence-electron chi connectivity index (χ4n) is 3.85. The van der Waals surface area contributed by atoms with E-state index < -0.39 is 0 Å². The molecule has 1 aliphatic carbocycles. The van der Waals surface area contributed by atoms with E-state index in [-0.39, 0.29) is 10.7 Å². The van der Waals surface area contributed by atoms with E-state index in [4.69, 9.17) is 9.15 Å². The summed E-state index contributed by atoms with van der Waals surface area (Å²) in [4.78, 5) is 18.0. The Hall–Kier alpha value is -1.01. The molecule has 6 heteroatoms. The first-order valence-electron chi connectivity index (χ1n) is 8.17. The Kier molecular flexibility index (Phi) is 3.90. The first-order valence-corrected chi connectivity index (χ1v) is 9.16. The van der Waals surface area contributed by atoms with Gasteiger partial charge in [-0.05, 0) is 25.2 Å². The minimum Gasteiger partial charge on any atom is -0.451 e. The fraction of sp³-hybridized carbons (Fsp3) is 0.750. The molecule has 3 fully saturated rings. The van der Waals surface area contributed by atoms with Crippen molar-refractivity contribution in [3.05, 3.63) is 18.4 Å². The normalized spacial score (nSPS) is 27.5. The average molecular weight is 322 g/mol. The molecule has 1 aromatic heterocycles. The lowest BCUT2D eigenvalue weighted by molar-refractivity contribution is 0.0196. The van der Waals surface area contributed by atoms with Gasteiger partial charge in [-0.2, -0.15) is 0 Å². The Morgan fingerprint density at radius 3 is 3.00 bits per heavy atom. The van der Waals surface area contributed by atoms with Gasteiger partial charge in [-0.15, -0.1) is 11.8 Å². The van der Waals surface area contributed by atoms with Crippen LogP contribution in [0.1, 0.15) is 42.6 Å². The summed E-state index contributed by atoms with van der Waals surface area (Å²) < 4.78 is 11.2. The van der Waals surface area contributed by atoms with Gasteiger partial charge in [0.15, 0.2) is 12.1 Å². The number of nitrogens with zero attached hydrogens (tertiary/aromatic N) is 2. The highest BCUT2D eigenvalue weighted by Crippen LogP contribution is 2.46. The van der Waals surface area contributed by atoms with Crippen LogP contribution in [0.15, 0.2) is 17.1 Å². The number of rotatable bonds is 4. The molecule has 1 amide bonds. The van der Waals surface area contributed by atoms with Gasteiger partial charge in [0.2, 0.25) is 0 Å². The van der Waals surface area contributed by atoms with Crippen LogP contribution in [-0.2, 0) is 4.74 Å². The number of ether oxygens (including phenoxy) is 1. The molecule has 1 atom stereocenters. The van der Waals surface area contributed by atoms with Crippen LogP contribution in [0.3, 0.4) is 0 Å². The maximum Gasteiger partial charge on any atom is 0.275 e. The summed E-state index contributed by atoms with van der Waals surface area (Å²) >= 11 is 1.98. The lowest BCUT2D eigenvalue weighted by atomic mass is 9.92. The summed E-state index contributed by atoms with van der Waals surface area (Å²) in [7, 11) is 0. The zero-order chi connectivity index (χ0) is 15.0. The van der Waals surface area contributed by atoms with Gasteiger partial charge in [-0.25, -0.2) is 4.98 Å². The topological polar surface area (TPSA) is 55.6 Å². The quantitative estimate of drug-likeness (QED) is 0.853. The summed E-state index contributed by atoms with van der Waals surface area (Å²) in [6.07, 6.45) is 9.59. The monoisotopic (exact) mass is 322 g/mol. The van der Waals surface area contributed by atoms with Crippen LogP contribution < -0.4 is 0 Å². The molecule has 2 aliphatic heterocycles. The number of likely N-dealkylation sites (tertiary alicyclic amines) is 1. The molecule has 0 aromatic carbocycles. The molecule has 1 unspecified atom stereocenters. The number of oxazole rings is 1. The minimum atomic E-state index is -0.0182. The van der Waals surface area contributed by atoms with Gasteiger partial charge in [-0.3, -0.25) is 4.79 Å². The van der Waals surface area contributed by atoms with Crippen molar-refractivity contribution in [2.75, 3.05) is 25.4 Å². The third-order valence-electron chi connectivity index (χ3n) is 5.11. The van der Waals surface area contributed by atoms with E-state index in [1.807, 2.05) is 16.7 Å². The fourth-order valence-corrected chi connectivity index (χ4v) is 5.40. The van der Waals surface area contributed by atoms with Crippen LogP contribution in [0.5, 0.6) is 0 Å². The standard InChI is InChI=1S/C16H22N2O3S/c19-15(14-7-20-11-17-14)18-9-16(10-18)5-13(8-22-16)21-6-12-3-1-2-4-12/h7,11-13H,1-6,8-10H2. The maximum absolute atomic E-state index is 12.2. The predicted molar refractivity (Wildman–Crippen MR) is 83.9 cm³/mol. The van der Waals surface area contributed by atoms with Gasteiger partial charge in [0, 0.05) is 25.4 Å². The maximum atomic E-state index is 12.2. The molecule has 3 heterocycles. The lowest BCUT2D eigenvalue weighted by Crippen LogP contribution is -2.60. The highest BCUT2D eigenvalue weighted by Gasteiger charge is 2.51. The molecule has 2 saturated heterocycles. The molecule has 0 radical (unpaired) electrons. The zero-order valence-corrected chi connectivity index (χ0v) is 13.5. The highest BCUT2D eigenvalue weighted by molar-refractivity contribution is 8.01. The molecular weight excluding hydrogens is 300 g/mol. The van der Waals surface area contributed by atoms with E-state index in [2.05, 4.69) is 4.98 Å². The van der Waals surface area contributed by atoms with Crippen molar-refractivity contribution >= 4 is 17.7 Å². The number of carbonyl (C=O) groups is 1. The van der Waals surface area contributed by atoms with Crippen molar-refractivity contribution in [1.82, 2.24) is 9.88 Å². The third kappa shape index (κ3) is 2.78. The SMILES string of the molecule is O=C(c1cocn1)N1CC2(CC(OCC3CCCC3)CS2)C1. The smallest absolute Gasteiger partial charge is 0.275 e. The van der Waals surface area contributed by atoms with Crippen molar-refractivity contribution in [3.63, 3.8) is 0 Å². The summed E-state index contributed by atoms with van der Waals surface area (Å²) in [5.74, 6) is 1.84. The van der Waals surface area contributed by atoms with Crippen molar-refractivity contribution in [3.8, 4) is 0 Å². The molecule has 5 nitrogen and oxygen atoms in total. The van der Waals surface area contributed by atoms with E-state index in [1.165, 1.54) is 38.3 Å². The summed E-state index contributed by atoms with van der Waals surface area (Å²) in [6, 6.07) is 0. The molecule has 3 aliphatic rings. The largest absolute Gasteiger partial charge is 0.451 e. The average Bonchev–Trinajstić information content (AvgIpc) is 3.21. The van der Waals surface area contributed by atoms with Crippen molar-refractivity contribution < 1.29 is 13.9 Å². The first kappa shape index (κ1) is 14.6. The Morgan fingerprint density at radius 2 is 2.27 bits per heavy atom. The van der Waals surface area contributed by atoms with E-state index in [1.54, 1.807) is 0 Å². The van der Waals surface area contributed by atoms with E-state index in [0.717, 1.165) is 37.8 Å². The summed E-state index contributed by atoms with van der Waals surface area (Å²) in [5, 5.41) is 0. The molecule has 1 saturated carbocycles. The molecule has 0 bridgehead atoms. The summed E-state index contributed by atoms with van der Waals surface area (Å²) in [5.41, 5.74) is 0.409.